The lowest BCUT2D eigenvalue weighted by Crippen LogP contribution is -2.42. The van der Waals surface area contributed by atoms with Gasteiger partial charge in [-0.05, 0) is 26.2 Å². The predicted molar refractivity (Wildman–Crippen MR) is 91.5 cm³/mol. The van der Waals surface area contributed by atoms with E-state index >= 15 is 0 Å². The highest BCUT2D eigenvalue weighted by molar-refractivity contribution is 14.0. The van der Waals surface area contributed by atoms with E-state index in [1.54, 1.807) is 0 Å². The first kappa shape index (κ1) is 17.3. The summed E-state index contributed by atoms with van der Waals surface area (Å²) in [6.45, 7) is 5.55. The van der Waals surface area contributed by atoms with Crippen molar-refractivity contribution >= 4 is 29.9 Å². The molecule has 0 aliphatic heterocycles. The zero-order chi connectivity index (χ0) is 13.5. The van der Waals surface area contributed by atoms with E-state index in [4.69, 9.17) is 4.52 Å². The zero-order valence-electron chi connectivity index (χ0n) is 12.3. The zero-order valence-corrected chi connectivity index (χ0v) is 14.6. The van der Waals surface area contributed by atoms with Gasteiger partial charge in [-0.1, -0.05) is 24.9 Å². The number of aromatic nitrogens is 1. The first-order chi connectivity index (χ1) is 9.31. The van der Waals surface area contributed by atoms with Gasteiger partial charge in [-0.15, -0.1) is 24.0 Å². The molecule has 0 amide bonds. The molecule has 1 aromatic rings. The third-order valence-corrected chi connectivity index (χ3v) is 3.40. The van der Waals surface area contributed by atoms with Crippen LogP contribution in [0.5, 0.6) is 0 Å². The van der Waals surface area contributed by atoms with E-state index in [-0.39, 0.29) is 24.0 Å². The summed E-state index contributed by atoms with van der Waals surface area (Å²) >= 11 is 0. The second-order valence-electron chi connectivity index (χ2n) is 4.96. The lowest BCUT2D eigenvalue weighted by atomic mass is 10.2. The summed E-state index contributed by atoms with van der Waals surface area (Å²) in [6.07, 6.45) is 6.02. The molecule has 0 spiro atoms. The lowest BCUT2D eigenvalue weighted by molar-refractivity contribution is 0.379. The fourth-order valence-electron chi connectivity index (χ4n) is 2.34. The number of guanidine groups is 1. The molecule has 0 unspecified atom stereocenters. The smallest absolute Gasteiger partial charge is 0.191 e. The van der Waals surface area contributed by atoms with E-state index in [0.717, 1.165) is 30.4 Å². The van der Waals surface area contributed by atoms with Crippen molar-refractivity contribution in [1.29, 1.82) is 0 Å². The molecule has 1 aromatic heterocycles. The second kappa shape index (κ2) is 9.20. The van der Waals surface area contributed by atoms with Gasteiger partial charge in [0.25, 0.3) is 0 Å². The van der Waals surface area contributed by atoms with Crippen LogP contribution in [0.4, 0.5) is 0 Å². The Balaban J connectivity index is 0.00000200. The quantitative estimate of drug-likeness (QED) is 0.460. The SMILES string of the molecule is CCNC(=NCc1cc(CC)no1)NC1CCCC1.I. The third kappa shape index (κ3) is 5.30. The monoisotopic (exact) mass is 392 g/mol. The molecule has 0 atom stereocenters. The summed E-state index contributed by atoms with van der Waals surface area (Å²) in [6, 6.07) is 2.54. The molecule has 1 aliphatic rings. The number of halogens is 1. The van der Waals surface area contributed by atoms with Crippen LogP contribution in [0.15, 0.2) is 15.6 Å². The Kier molecular flexibility index (Phi) is 7.94. The van der Waals surface area contributed by atoms with Gasteiger partial charge in [0.1, 0.15) is 6.54 Å². The topological polar surface area (TPSA) is 62.5 Å². The van der Waals surface area contributed by atoms with Gasteiger partial charge >= 0.3 is 0 Å². The lowest BCUT2D eigenvalue weighted by Gasteiger charge is -2.16. The van der Waals surface area contributed by atoms with Crippen LogP contribution in [0.2, 0.25) is 0 Å². The fourth-order valence-corrected chi connectivity index (χ4v) is 2.34. The Bertz CT molecular complexity index is 413. The molecular weight excluding hydrogens is 367 g/mol. The number of aryl methyl sites for hydroxylation is 1. The molecule has 1 saturated carbocycles. The summed E-state index contributed by atoms with van der Waals surface area (Å²) in [5, 5.41) is 10.7. The second-order valence-corrected chi connectivity index (χ2v) is 4.96. The summed E-state index contributed by atoms with van der Waals surface area (Å²) in [4.78, 5) is 4.56. The van der Waals surface area contributed by atoms with Crippen LogP contribution in [0.3, 0.4) is 0 Å². The average molecular weight is 392 g/mol. The molecule has 2 N–H and O–H groups in total. The third-order valence-electron chi connectivity index (χ3n) is 3.40. The number of hydrogen-bond acceptors (Lipinski definition) is 3. The van der Waals surface area contributed by atoms with E-state index in [1.165, 1.54) is 25.7 Å². The fraction of sp³-hybridized carbons (Fsp3) is 0.714. The highest BCUT2D eigenvalue weighted by Gasteiger charge is 2.15. The van der Waals surface area contributed by atoms with Crippen LogP contribution in [-0.2, 0) is 13.0 Å². The maximum Gasteiger partial charge on any atom is 0.191 e. The van der Waals surface area contributed by atoms with Gasteiger partial charge in [-0.25, -0.2) is 4.99 Å². The minimum atomic E-state index is 0. The van der Waals surface area contributed by atoms with Crippen molar-refractivity contribution in [2.75, 3.05) is 6.54 Å². The van der Waals surface area contributed by atoms with Gasteiger partial charge in [0, 0.05) is 18.7 Å². The van der Waals surface area contributed by atoms with Crippen LogP contribution in [0.1, 0.15) is 51.0 Å². The molecule has 0 aromatic carbocycles. The standard InChI is InChI=1S/C14H24N4O.HI/c1-3-11-9-13(19-18-11)10-16-14(15-4-2)17-12-7-5-6-8-12;/h9,12H,3-8,10H2,1-2H3,(H2,15,16,17);1H. The molecule has 20 heavy (non-hydrogen) atoms. The Morgan fingerprint density at radius 1 is 1.40 bits per heavy atom. The molecule has 6 heteroatoms. The van der Waals surface area contributed by atoms with E-state index in [9.17, 15) is 0 Å². The minimum Gasteiger partial charge on any atom is -0.359 e. The van der Waals surface area contributed by atoms with E-state index in [0.29, 0.717) is 12.6 Å². The molecule has 2 rings (SSSR count). The molecule has 0 saturated heterocycles. The van der Waals surface area contributed by atoms with Crippen molar-refractivity contribution in [2.45, 2.75) is 58.5 Å². The highest BCUT2D eigenvalue weighted by atomic mass is 127. The normalized spacial score (nSPS) is 16.0. The molecule has 114 valence electrons. The number of nitrogens with one attached hydrogen (secondary N) is 2. The first-order valence-corrected chi connectivity index (χ1v) is 7.31. The van der Waals surface area contributed by atoms with Crippen LogP contribution >= 0.6 is 24.0 Å². The summed E-state index contributed by atoms with van der Waals surface area (Å²) in [5.41, 5.74) is 0.985. The van der Waals surface area contributed by atoms with E-state index in [1.807, 2.05) is 6.07 Å². The van der Waals surface area contributed by atoms with Gasteiger partial charge in [0.2, 0.25) is 0 Å². The number of rotatable bonds is 5. The predicted octanol–water partition coefficient (Wildman–Crippen LogP) is 2.85. The summed E-state index contributed by atoms with van der Waals surface area (Å²) < 4.78 is 5.24. The molecule has 1 heterocycles. The van der Waals surface area contributed by atoms with Crippen molar-refractivity contribution < 1.29 is 4.52 Å². The molecular formula is C14H25IN4O. The van der Waals surface area contributed by atoms with Gasteiger partial charge < -0.3 is 15.2 Å². The molecule has 0 bridgehead atoms. The Morgan fingerprint density at radius 2 is 2.15 bits per heavy atom. The minimum absolute atomic E-state index is 0. The molecule has 5 nitrogen and oxygen atoms in total. The highest BCUT2D eigenvalue weighted by Crippen LogP contribution is 2.17. The molecule has 1 aliphatic carbocycles. The van der Waals surface area contributed by atoms with Gasteiger partial charge in [0.15, 0.2) is 11.7 Å². The Hall–Kier alpha value is -0.790. The van der Waals surface area contributed by atoms with Crippen LogP contribution in [-0.4, -0.2) is 23.7 Å². The van der Waals surface area contributed by atoms with Crippen LogP contribution < -0.4 is 10.6 Å². The maximum absolute atomic E-state index is 5.24. The summed E-state index contributed by atoms with van der Waals surface area (Å²) in [7, 11) is 0. The van der Waals surface area contributed by atoms with Gasteiger partial charge in [-0.3, -0.25) is 0 Å². The van der Waals surface area contributed by atoms with Gasteiger partial charge in [-0.2, -0.15) is 0 Å². The molecule has 1 fully saturated rings. The van der Waals surface area contributed by atoms with Gasteiger partial charge in [0.05, 0.1) is 5.69 Å². The average Bonchev–Trinajstić information content (AvgIpc) is 3.07. The maximum atomic E-state index is 5.24. The Labute approximate surface area is 138 Å². The summed E-state index contributed by atoms with van der Waals surface area (Å²) in [5.74, 6) is 1.70. The largest absolute Gasteiger partial charge is 0.359 e. The Morgan fingerprint density at radius 3 is 2.75 bits per heavy atom. The van der Waals surface area contributed by atoms with Crippen LogP contribution in [0, 0.1) is 0 Å². The van der Waals surface area contributed by atoms with Crippen molar-refractivity contribution in [3.8, 4) is 0 Å². The van der Waals surface area contributed by atoms with Crippen molar-refractivity contribution in [1.82, 2.24) is 15.8 Å². The van der Waals surface area contributed by atoms with Crippen molar-refractivity contribution in [3.63, 3.8) is 0 Å². The number of nitrogens with zero attached hydrogens (tertiary/aromatic N) is 2. The van der Waals surface area contributed by atoms with Crippen molar-refractivity contribution in [3.05, 3.63) is 17.5 Å². The number of hydrogen-bond donors (Lipinski definition) is 2. The molecule has 0 radical (unpaired) electrons. The first-order valence-electron chi connectivity index (χ1n) is 7.31. The van der Waals surface area contributed by atoms with E-state index < -0.39 is 0 Å². The number of aliphatic imine (C=N–C) groups is 1. The van der Waals surface area contributed by atoms with E-state index in [2.05, 4.69) is 34.6 Å². The van der Waals surface area contributed by atoms with Crippen LogP contribution in [0.25, 0.3) is 0 Å². The van der Waals surface area contributed by atoms with Crippen molar-refractivity contribution in [2.24, 2.45) is 4.99 Å².